The first-order chi connectivity index (χ1) is 13.7. The van der Waals surface area contributed by atoms with Gasteiger partial charge in [0.2, 0.25) is 0 Å². The highest BCUT2D eigenvalue weighted by Crippen LogP contribution is 2.27. The minimum Gasteiger partial charge on any atom is -0.444 e. The summed E-state index contributed by atoms with van der Waals surface area (Å²) in [5.41, 5.74) is 0.973. The minimum absolute atomic E-state index is 0.278. The van der Waals surface area contributed by atoms with Crippen molar-refractivity contribution in [3.8, 4) is 0 Å². The van der Waals surface area contributed by atoms with E-state index < -0.39 is 5.60 Å². The van der Waals surface area contributed by atoms with Crippen LogP contribution in [0.25, 0.3) is 0 Å². The third kappa shape index (κ3) is 5.89. The predicted octanol–water partition coefficient (Wildman–Crippen LogP) is 4.00. The Morgan fingerprint density at radius 2 is 2.03 bits per heavy atom. The van der Waals surface area contributed by atoms with E-state index in [1.165, 1.54) is 11.3 Å². The number of nitrogens with zero attached hydrogens (tertiary/aromatic N) is 4. The Morgan fingerprint density at radius 1 is 1.24 bits per heavy atom. The second-order valence-corrected chi connectivity index (χ2v) is 9.30. The number of hydrogen-bond acceptors (Lipinski definition) is 7. The Morgan fingerprint density at radius 3 is 2.72 bits per heavy atom. The molecule has 0 radical (unpaired) electrons. The van der Waals surface area contributed by atoms with Gasteiger partial charge in [0.05, 0.1) is 17.6 Å². The number of thiazole rings is 1. The first-order valence-corrected chi connectivity index (χ1v) is 11.0. The molecule has 29 heavy (non-hydrogen) atoms. The highest BCUT2D eigenvalue weighted by atomic mass is 79.9. The topological polar surface area (TPSA) is 87.7 Å². The van der Waals surface area contributed by atoms with Gasteiger partial charge in [0.15, 0.2) is 5.01 Å². The van der Waals surface area contributed by atoms with Crippen molar-refractivity contribution < 1.29 is 14.3 Å². The number of nitrogens with one attached hydrogen (secondary N) is 1. The van der Waals surface area contributed by atoms with Crippen molar-refractivity contribution in [1.29, 1.82) is 0 Å². The monoisotopic (exact) mass is 481 g/mol. The normalized spacial score (nSPS) is 15.0. The molecule has 1 fully saturated rings. The fourth-order valence-electron chi connectivity index (χ4n) is 2.96. The molecule has 156 valence electrons. The van der Waals surface area contributed by atoms with E-state index in [4.69, 9.17) is 4.74 Å². The van der Waals surface area contributed by atoms with Crippen molar-refractivity contribution in [3.05, 3.63) is 33.5 Å². The van der Waals surface area contributed by atoms with E-state index >= 15 is 0 Å². The predicted molar refractivity (Wildman–Crippen MR) is 117 cm³/mol. The smallest absolute Gasteiger partial charge is 0.410 e. The molecular formula is C19H24BrN5O3S. The minimum atomic E-state index is -0.517. The molecule has 10 heteroatoms. The maximum absolute atomic E-state index is 12.5. The Labute approximate surface area is 182 Å². The fraction of sp³-hybridized carbons (Fsp3) is 0.474. The molecule has 1 aliphatic heterocycles. The molecule has 0 aliphatic carbocycles. The molecule has 0 bridgehead atoms. The van der Waals surface area contributed by atoms with Crippen LogP contribution in [0.2, 0.25) is 0 Å². The average molecular weight is 482 g/mol. The quantitative estimate of drug-likeness (QED) is 0.712. The number of pyridine rings is 1. The van der Waals surface area contributed by atoms with Crippen molar-refractivity contribution >= 4 is 50.6 Å². The number of anilines is 2. The molecule has 0 atom stereocenters. The lowest BCUT2D eigenvalue weighted by molar-refractivity contribution is 0.0263. The van der Waals surface area contributed by atoms with E-state index in [0.29, 0.717) is 34.9 Å². The fourth-order valence-corrected chi connectivity index (χ4v) is 4.11. The van der Waals surface area contributed by atoms with Crippen molar-refractivity contribution in [2.24, 2.45) is 0 Å². The van der Waals surface area contributed by atoms with E-state index in [2.05, 4.69) is 36.1 Å². The van der Waals surface area contributed by atoms with Crippen molar-refractivity contribution in [3.63, 3.8) is 0 Å². The number of halogens is 1. The van der Waals surface area contributed by atoms with Crippen molar-refractivity contribution in [1.82, 2.24) is 14.9 Å². The van der Waals surface area contributed by atoms with Crippen LogP contribution in [0.4, 0.5) is 16.2 Å². The standard InChI is InChI=1S/C19H24BrN5O3S/c1-19(2,3)28-18(27)25-8-4-7-24(9-10-25)14-5-6-21-11-13(14)22-16(26)17-23-15(20)12-29-17/h5-6,11-12H,4,7-10H2,1-3H3,(H,22,26). The van der Waals surface area contributed by atoms with Crippen LogP contribution in [0.1, 0.15) is 37.0 Å². The Bertz CT molecular complexity index is 883. The van der Waals surface area contributed by atoms with Gasteiger partial charge in [-0.05, 0) is 49.2 Å². The van der Waals surface area contributed by atoms with Crippen LogP contribution in [-0.2, 0) is 4.74 Å². The molecule has 8 nitrogen and oxygen atoms in total. The van der Waals surface area contributed by atoms with Gasteiger partial charge in [0.25, 0.3) is 5.91 Å². The average Bonchev–Trinajstić information content (AvgIpc) is 2.94. The van der Waals surface area contributed by atoms with Crippen LogP contribution < -0.4 is 10.2 Å². The summed E-state index contributed by atoms with van der Waals surface area (Å²) in [6, 6.07) is 1.87. The van der Waals surface area contributed by atoms with E-state index in [1.54, 1.807) is 22.7 Å². The molecule has 2 aromatic heterocycles. The molecule has 1 N–H and O–H groups in total. The molecular weight excluding hydrogens is 458 g/mol. The van der Waals surface area contributed by atoms with Crippen molar-refractivity contribution in [2.75, 3.05) is 36.4 Å². The molecule has 2 aromatic rings. The second kappa shape index (κ2) is 9.08. The Balaban J connectivity index is 1.69. The molecule has 3 heterocycles. The van der Waals surface area contributed by atoms with Crippen LogP contribution >= 0.6 is 27.3 Å². The lowest BCUT2D eigenvalue weighted by Gasteiger charge is -2.27. The Kier molecular flexibility index (Phi) is 6.74. The number of aromatic nitrogens is 2. The molecule has 3 rings (SSSR count). The summed E-state index contributed by atoms with van der Waals surface area (Å²) in [6.07, 6.45) is 3.83. The molecule has 0 unspecified atom stereocenters. The maximum Gasteiger partial charge on any atom is 0.410 e. The van der Waals surface area contributed by atoms with Gasteiger partial charge in [0.1, 0.15) is 10.2 Å². The molecule has 0 spiro atoms. The maximum atomic E-state index is 12.5. The van der Waals surface area contributed by atoms with E-state index in [0.717, 1.165) is 18.7 Å². The summed E-state index contributed by atoms with van der Waals surface area (Å²) in [5, 5.41) is 5.04. The van der Waals surface area contributed by atoms with Crippen LogP contribution in [0.3, 0.4) is 0 Å². The molecule has 2 amide bonds. The van der Waals surface area contributed by atoms with E-state index in [9.17, 15) is 9.59 Å². The van der Waals surface area contributed by atoms with Gasteiger partial charge in [0, 0.05) is 37.8 Å². The molecule has 1 saturated heterocycles. The molecule has 0 aromatic carbocycles. The van der Waals surface area contributed by atoms with E-state index in [-0.39, 0.29) is 12.0 Å². The Hall–Kier alpha value is -2.20. The summed E-state index contributed by atoms with van der Waals surface area (Å²) in [7, 11) is 0. The van der Waals surface area contributed by atoms with Crippen molar-refractivity contribution in [2.45, 2.75) is 32.8 Å². The summed E-state index contributed by atoms with van der Waals surface area (Å²) < 4.78 is 6.13. The van der Waals surface area contributed by atoms with Gasteiger partial charge >= 0.3 is 6.09 Å². The number of hydrogen-bond donors (Lipinski definition) is 1. The van der Waals surface area contributed by atoms with Crippen LogP contribution in [0.5, 0.6) is 0 Å². The zero-order valence-corrected chi connectivity index (χ0v) is 19.0. The lowest BCUT2D eigenvalue weighted by Crippen LogP contribution is -2.39. The first kappa shape index (κ1) is 21.5. The van der Waals surface area contributed by atoms with Gasteiger partial charge in [-0.1, -0.05) is 0 Å². The summed E-state index contributed by atoms with van der Waals surface area (Å²) >= 11 is 4.53. The molecule has 1 aliphatic rings. The van der Waals surface area contributed by atoms with Crippen LogP contribution in [0.15, 0.2) is 28.4 Å². The van der Waals surface area contributed by atoms with Crippen LogP contribution in [0, 0.1) is 0 Å². The third-order valence-electron chi connectivity index (χ3n) is 4.20. The van der Waals surface area contributed by atoms with Gasteiger partial charge in [-0.15, -0.1) is 11.3 Å². The van der Waals surface area contributed by atoms with Gasteiger partial charge in [-0.3, -0.25) is 9.78 Å². The van der Waals surface area contributed by atoms with E-state index in [1.807, 2.05) is 26.8 Å². The highest BCUT2D eigenvalue weighted by Gasteiger charge is 2.25. The third-order valence-corrected chi connectivity index (χ3v) is 5.76. The highest BCUT2D eigenvalue weighted by molar-refractivity contribution is 9.10. The van der Waals surface area contributed by atoms with Gasteiger partial charge in [-0.25, -0.2) is 9.78 Å². The number of amides is 2. The number of rotatable bonds is 3. The number of carbonyl (C=O) groups is 2. The first-order valence-electron chi connectivity index (χ1n) is 9.32. The number of carbonyl (C=O) groups excluding carboxylic acids is 2. The largest absolute Gasteiger partial charge is 0.444 e. The zero-order chi connectivity index (χ0) is 21.0. The molecule has 0 saturated carbocycles. The SMILES string of the molecule is CC(C)(C)OC(=O)N1CCCN(c2ccncc2NC(=O)c2nc(Br)cs2)CC1. The second-order valence-electron chi connectivity index (χ2n) is 7.63. The summed E-state index contributed by atoms with van der Waals surface area (Å²) in [6.45, 7) is 8.16. The number of ether oxygens (including phenoxy) is 1. The van der Waals surface area contributed by atoms with Gasteiger partial charge < -0.3 is 19.9 Å². The summed E-state index contributed by atoms with van der Waals surface area (Å²) in [4.78, 5) is 37.1. The summed E-state index contributed by atoms with van der Waals surface area (Å²) in [5.74, 6) is -0.278. The van der Waals surface area contributed by atoms with Gasteiger partial charge in [-0.2, -0.15) is 0 Å². The van der Waals surface area contributed by atoms with Crippen LogP contribution in [-0.4, -0.2) is 58.6 Å². The lowest BCUT2D eigenvalue weighted by atomic mass is 10.2. The zero-order valence-electron chi connectivity index (χ0n) is 16.6.